The van der Waals surface area contributed by atoms with Crippen molar-refractivity contribution in [3.63, 3.8) is 0 Å². The quantitative estimate of drug-likeness (QED) is 0.917. The Balaban J connectivity index is 2.62. The molecule has 0 spiro atoms. The van der Waals surface area contributed by atoms with Crippen LogP contribution in [-0.4, -0.2) is 14.2 Å². The van der Waals surface area contributed by atoms with E-state index >= 15 is 0 Å². The Labute approximate surface area is 117 Å². The summed E-state index contributed by atoms with van der Waals surface area (Å²) in [6, 6.07) is 10.0. The fourth-order valence-corrected chi connectivity index (χ4v) is 2.21. The lowest BCUT2D eigenvalue weighted by molar-refractivity contribution is 0.416. The maximum atomic E-state index is 13.5. The largest absolute Gasteiger partial charge is 0.496 e. The van der Waals surface area contributed by atoms with Crippen molar-refractivity contribution in [1.82, 2.24) is 5.32 Å². The molecule has 0 radical (unpaired) electrons. The van der Waals surface area contributed by atoms with Crippen LogP contribution in [0.3, 0.4) is 0 Å². The number of hydrogen-bond acceptors (Lipinski definition) is 2. The standard InChI is InChI=1S/C15H15ClFNO/c1-18-9-10-3-5-12(17)8-13(10)14-7-11(16)4-6-15(14)19-2/h3-8,18H,9H2,1-2H3. The average Bonchev–Trinajstić information content (AvgIpc) is 2.41. The molecule has 0 fully saturated rings. The Kier molecular flexibility index (Phi) is 4.40. The highest BCUT2D eigenvalue weighted by molar-refractivity contribution is 6.31. The van der Waals surface area contributed by atoms with Gasteiger partial charge in [0.1, 0.15) is 11.6 Å². The predicted octanol–water partition coefficient (Wildman–Crippen LogP) is 3.87. The van der Waals surface area contributed by atoms with Crippen LogP contribution in [0.1, 0.15) is 5.56 Å². The summed E-state index contributed by atoms with van der Waals surface area (Å²) < 4.78 is 18.8. The van der Waals surface area contributed by atoms with E-state index in [1.807, 2.05) is 7.05 Å². The van der Waals surface area contributed by atoms with Gasteiger partial charge in [0.2, 0.25) is 0 Å². The summed E-state index contributed by atoms with van der Waals surface area (Å²) in [6.07, 6.45) is 0. The van der Waals surface area contributed by atoms with Gasteiger partial charge in [0.15, 0.2) is 0 Å². The van der Waals surface area contributed by atoms with E-state index in [4.69, 9.17) is 16.3 Å². The van der Waals surface area contributed by atoms with Gasteiger partial charge in [-0.1, -0.05) is 17.7 Å². The number of nitrogens with one attached hydrogen (secondary N) is 1. The summed E-state index contributed by atoms with van der Waals surface area (Å²) in [5.74, 6) is 0.393. The van der Waals surface area contributed by atoms with E-state index < -0.39 is 0 Å². The van der Waals surface area contributed by atoms with Gasteiger partial charge in [-0.25, -0.2) is 4.39 Å². The second kappa shape index (κ2) is 6.04. The molecule has 0 unspecified atom stereocenters. The van der Waals surface area contributed by atoms with E-state index in [-0.39, 0.29) is 5.82 Å². The van der Waals surface area contributed by atoms with Crippen LogP contribution < -0.4 is 10.1 Å². The van der Waals surface area contributed by atoms with E-state index in [2.05, 4.69) is 5.32 Å². The van der Waals surface area contributed by atoms with Crippen molar-refractivity contribution in [1.29, 1.82) is 0 Å². The van der Waals surface area contributed by atoms with Gasteiger partial charge in [-0.3, -0.25) is 0 Å². The number of benzene rings is 2. The summed E-state index contributed by atoms with van der Waals surface area (Å²) in [4.78, 5) is 0. The number of hydrogen-bond donors (Lipinski definition) is 1. The molecule has 0 atom stereocenters. The SMILES string of the molecule is CNCc1ccc(F)cc1-c1cc(Cl)ccc1OC. The molecule has 0 aliphatic carbocycles. The van der Waals surface area contributed by atoms with Crippen LogP contribution in [0.2, 0.25) is 5.02 Å². The molecule has 19 heavy (non-hydrogen) atoms. The van der Waals surface area contributed by atoms with Gasteiger partial charge in [-0.15, -0.1) is 0 Å². The lowest BCUT2D eigenvalue weighted by Gasteiger charge is -2.13. The van der Waals surface area contributed by atoms with Crippen LogP contribution in [0.5, 0.6) is 5.75 Å². The first-order valence-electron chi connectivity index (χ1n) is 5.92. The second-order valence-electron chi connectivity index (χ2n) is 4.18. The summed E-state index contributed by atoms with van der Waals surface area (Å²) in [5, 5.41) is 3.66. The van der Waals surface area contributed by atoms with E-state index in [1.165, 1.54) is 12.1 Å². The fourth-order valence-electron chi connectivity index (χ4n) is 2.03. The third kappa shape index (κ3) is 3.06. The van der Waals surface area contributed by atoms with Crippen molar-refractivity contribution in [3.05, 3.63) is 52.8 Å². The number of halogens is 2. The monoisotopic (exact) mass is 279 g/mol. The number of rotatable bonds is 4. The zero-order valence-corrected chi connectivity index (χ0v) is 11.6. The summed E-state index contributed by atoms with van der Waals surface area (Å²) in [5.41, 5.74) is 2.57. The molecule has 2 rings (SSSR count). The number of ether oxygens (including phenoxy) is 1. The minimum atomic E-state index is -0.281. The molecule has 2 aromatic rings. The van der Waals surface area contributed by atoms with Crippen LogP contribution in [0, 0.1) is 5.82 Å². The molecule has 2 nitrogen and oxygen atoms in total. The van der Waals surface area contributed by atoms with Crippen LogP contribution in [0.15, 0.2) is 36.4 Å². The second-order valence-corrected chi connectivity index (χ2v) is 4.61. The summed E-state index contributed by atoms with van der Waals surface area (Å²) in [7, 11) is 3.44. The third-order valence-electron chi connectivity index (χ3n) is 2.89. The van der Waals surface area contributed by atoms with Gasteiger partial charge in [-0.2, -0.15) is 0 Å². The van der Waals surface area contributed by atoms with Crippen LogP contribution in [0.4, 0.5) is 4.39 Å². The smallest absolute Gasteiger partial charge is 0.126 e. The molecule has 0 aliphatic heterocycles. The average molecular weight is 280 g/mol. The molecule has 1 N–H and O–H groups in total. The molecule has 2 aromatic carbocycles. The van der Waals surface area contributed by atoms with Crippen molar-refractivity contribution < 1.29 is 9.13 Å². The van der Waals surface area contributed by atoms with Crippen LogP contribution >= 0.6 is 11.6 Å². The lowest BCUT2D eigenvalue weighted by Crippen LogP contribution is -2.07. The van der Waals surface area contributed by atoms with Crippen LogP contribution in [0.25, 0.3) is 11.1 Å². The van der Waals surface area contributed by atoms with Gasteiger partial charge in [-0.05, 0) is 48.5 Å². The van der Waals surface area contributed by atoms with Gasteiger partial charge in [0, 0.05) is 17.1 Å². The summed E-state index contributed by atoms with van der Waals surface area (Å²) >= 11 is 6.03. The zero-order chi connectivity index (χ0) is 13.8. The maximum absolute atomic E-state index is 13.5. The van der Waals surface area contributed by atoms with Gasteiger partial charge < -0.3 is 10.1 Å². The molecule has 0 amide bonds. The van der Waals surface area contributed by atoms with Gasteiger partial charge >= 0.3 is 0 Å². The van der Waals surface area contributed by atoms with Crippen molar-refractivity contribution in [2.45, 2.75) is 6.54 Å². The van der Waals surface area contributed by atoms with Gasteiger partial charge in [0.25, 0.3) is 0 Å². The van der Waals surface area contributed by atoms with Crippen molar-refractivity contribution in [3.8, 4) is 16.9 Å². The minimum absolute atomic E-state index is 0.281. The van der Waals surface area contributed by atoms with E-state index in [0.29, 0.717) is 17.3 Å². The topological polar surface area (TPSA) is 21.3 Å². The molecule has 0 bridgehead atoms. The molecule has 0 heterocycles. The predicted molar refractivity (Wildman–Crippen MR) is 76.2 cm³/mol. The van der Waals surface area contributed by atoms with Crippen molar-refractivity contribution in [2.75, 3.05) is 14.2 Å². The van der Waals surface area contributed by atoms with Gasteiger partial charge in [0.05, 0.1) is 7.11 Å². The highest BCUT2D eigenvalue weighted by atomic mass is 35.5. The Bertz CT molecular complexity index is 586. The first kappa shape index (κ1) is 13.8. The number of methoxy groups -OCH3 is 1. The van der Waals surface area contributed by atoms with E-state index in [9.17, 15) is 4.39 Å². The molecule has 0 aliphatic rings. The van der Waals surface area contributed by atoms with Crippen molar-refractivity contribution in [2.24, 2.45) is 0 Å². The highest BCUT2D eigenvalue weighted by Gasteiger charge is 2.12. The Hall–Kier alpha value is -1.58. The normalized spacial score (nSPS) is 10.5. The molecule has 0 saturated heterocycles. The summed E-state index contributed by atoms with van der Waals surface area (Å²) in [6.45, 7) is 0.644. The molecule has 100 valence electrons. The fraction of sp³-hybridized carbons (Fsp3) is 0.200. The first-order valence-corrected chi connectivity index (χ1v) is 6.30. The first-order chi connectivity index (χ1) is 9.15. The Morgan fingerprint density at radius 3 is 2.63 bits per heavy atom. The minimum Gasteiger partial charge on any atom is -0.496 e. The Morgan fingerprint density at radius 2 is 1.95 bits per heavy atom. The van der Waals surface area contributed by atoms with Crippen molar-refractivity contribution >= 4 is 11.6 Å². The lowest BCUT2D eigenvalue weighted by atomic mass is 9.98. The Morgan fingerprint density at radius 1 is 1.16 bits per heavy atom. The van der Waals surface area contributed by atoms with Crippen LogP contribution in [-0.2, 0) is 6.54 Å². The molecule has 4 heteroatoms. The third-order valence-corrected chi connectivity index (χ3v) is 3.13. The molecular weight excluding hydrogens is 265 g/mol. The van der Waals surface area contributed by atoms with E-state index in [0.717, 1.165) is 16.7 Å². The highest BCUT2D eigenvalue weighted by Crippen LogP contribution is 2.35. The van der Waals surface area contributed by atoms with E-state index in [1.54, 1.807) is 31.4 Å². The molecule has 0 saturated carbocycles. The molecule has 0 aromatic heterocycles. The maximum Gasteiger partial charge on any atom is 0.126 e. The zero-order valence-electron chi connectivity index (χ0n) is 10.8. The molecular formula is C15H15ClFNO.